The van der Waals surface area contributed by atoms with Gasteiger partial charge in [0.15, 0.2) is 23.2 Å². The number of furan rings is 2. The van der Waals surface area contributed by atoms with Crippen molar-refractivity contribution in [3.63, 3.8) is 0 Å². The van der Waals surface area contributed by atoms with Crippen LogP contribution in [0.2, 0.25) is 0 Å². The van der Waals surface area contributed by atoms with Gasteiger partial charge in [0, 0.05) is 38.7 Å². The van der Waals surface area contributed by atoms with Crippen molar-refractivity contribution >= 4 is 49.9 Å². The number of nitrogens with zero attached hydrogens (tertiary/aromatic N) is 4. The molecule has 9 aromatic rings. The van der Waals surface area contributed by atoms with E-state index in [1.165, 1.54) is 0 Å². The van der Waals surface area contributed by atoms with Gasteiger partial charge in [-0.25, -0.2) is 19.9 Å². The molecule has 0 bridgehead atoms. The van der Waals surface area contributed by atoms with Crippen molar-refractivity contribution in [2.75, 3.05) is 0 Å². The average Bonchev–Trinajstić information content (AvgIpc) is 3.76. The smallest absolute Gasteiger partial charge is 0.164 e. The zero-order valence-electron chi connectivity index (χ0n) is 27.7. The summed E-state index contributed by atoms with van der Waals surface area (Å²) in [6, 6.07) is 50.2. The number of para-hydroxylation sites is 1. The molecule has 242 valence electrons. The number of benzene rings is 6. The fraction of sp³-hybridized carbons (Fsp3) is 0.0222. The molecule has 6 heteroatoms. The van der Waals surface area contributed by atoms with Gasteiger partial charge in [0.25, 0.3) is 0 Å². The van der Waals surface area contributed by atoms with E-state index in [1.54, 1.807) is 0 Å². The van der Waals surface area contributed by atoms with Crippen molar-refractivity contribution < 1.29 is 8.83 Å². The minimum atomic E-state index is 0.501. The highest BCUT2D eigenvalue weighted by Crippen LogP contribution is 2.44. The molecule has 0 atom stereocenters. The fourth-order valence-electron chi connectivity index (χ4n) is 6.52. The molecular formula is C45H30N4O2. The van der Waals surface area contributed by atoms with Gasteiger partial charge in [-0.2, -0.15) is 0 Å². The third kappa shape index (κ3) is 5.49. The average molecular weight is 659 g/mol. The molecule has 0 aliphatic heterocycles. The van der Waals surface area contributed by atoms with Gasteiger partial charge in [-0.05, 0) is 42.3 Å². The van der Waals surface area contributed by atoms with E-state index in [-0.39, 0.29) is 0 Å². The topological polar surface area (TPSA) is 77.3 Å². The van der Waals surface area contributed by atoms with Crippen LogP contribution in [0.3, 0.4) is 0 Å². The van der Waals surface area contributed by atoms with Crippen molar-refractivity contribution in [3.05, 3.63) is 175 Å². The molecule has 0 spiro atoms. The Morgan fingerprint density at radius 2 is 1.14 bits per heavy atom. The van der Waals surface area contributed by atoms with E-state index in [9.17, 15) is 0 Å². The third-order valence-electron chi connectivity index (χ3n) is 9.10. The second-order valence-corrected chi connectivity index (χ2v) is 12.3. The number of aliphatic imine (C=N–C) groups is 1. The second kappa shape index (κ2) is 12.5. The summed E-state index contributed by atoms with van der Waals surface area (Å²) in [6.45, 7) is 6.48. The maximum atomic E-state index is 6.63. The molecular weight excluding hydrogens is 629 g/mol. The van der Waals surface area contributed by atoms with Crippen LogP contribution in [0.5, 0.6) is 0 Å². The van der Waals surface area contributed by atoms with E-state index in [2.05, 4.69) is 30.8 Å². The quantitative estimate of drug-likeness (QED) is 0.159. The summed E-state index contributed by atoms with van der Waals surface area (Å²) >= 11 is 0. The molecule has 0 N–H and O–H groups in total. The van der Waals surface area contributed by atoms with E-state index in [0.717, 1.165) is 66.4 Å². The van der Waals surface area contributed by atoms with Crippen LogP contribution < -0.4 is 0 Å². The molecule has 6 aromatic carbocycles. The Balaban J connectivity index is 1.28. The molecule has 0 saturated heterocycles. The summed E-state index contributed by atoms with van der Waals surface area (Å²) in [5.74, 6) is 2.17. The van der Waals surface area contributed by atoms with E-state index >= 15 is 0 Å². The lowest BCUT2D eigenvalue weighted by Gasteiger charge is -2.10. The summed E-state index contributed by atoms with van der Waals surface area (Å²) in [5, 5.41) is 2.90. The van der Waals surface area contributed by atoms with Crippen LogP contribution in [-0.2, 0) is 0 Å². The number of rotatable bonds is 7. The lowest BCUT2D eigenvalue weighted by atomic mass is 10.0. The van der Waals surface area contributed by atoms with Crippen molar-refractivity contribution in [1.82, 2.24) is 15.0 Å². The van der Waals surface area contributed by atoms with Crippen LogP contribution in [-0.4, -0.2) is 20.7 Å². The van der Waals surface area contributed by atoms with E-state index in [1.807, 2.05) is 134 Å². The monoisotopic (exact) mass is 658 g/mol. The minimum Gasteiger partial charge on any atom is -0.456 e. The van der Waals surface area contributed by atoms with Crippen LogP contribution in [0.15, 0.2) is 172 Å². The fourth-order valence-corrected chi connectivity index (χ4v) is 6.52. The Morgan fingerprint density at radius 3 is 1.90 bits per heavy atom. The van der Waals surface area contributed by atoms with Gasteiger partial charge in [-0.1, -0.05) is 134 Å². The van der Waals surface area contributed by atoms with Gasteiger partial charge in [-0.15, -0.1) is 0 Å². The van der Waals surface area contributed by atoms with Crippen molar-refractivity contribution in [2.24, 2.45) is 4.99 Å². The van der Waals surface area contributed by atoms with Crippen LogP contribution in [0.25, 0.3) is 72.6 Å². The van der Waals surface area contributed by atoms with Crippen molar-refractivity contribution in [3.8, 4) is 34.2 Å². The SMILES string of the molecule is C=C(c1ccccc1)c1oc2cccc(-c3nc(-c4ccccc4)nc(-c4ccc5c(c4)oc4ccccc45)n3)c2c1N=C(C)c1ccccc1. The number of hydrogen-bond donors (Lipinski definition) is 0. The van der Waals surface area contributed by atoms with Gasteiger partial charge in [0.05, 0.1) is 5.39 Å². The zero-order valence-corrected chi connectivity index (χ0v) is 27.7. The van der Waals surface area contributed by atoms with Gasteiger partial charge >= 0.3 is 0 Å². The van der Waals surface area contributed by atoms with Gasteiger partial charge in [0.1, 0.15) is 22.4 Å². The lowest BCUT2D eigenvalue weighted by Crippen LogP contribution is -2.00. The highest BCUT2D eigenvalue weighted by Gasteiger charge is 2.23. The van der Waals surface area contributed by atoms with Crippen molar-refractivity contribution in [2.45, 2.75) is 6.92 Å². The molecule has 3 aromatic heterocycles. The van der Waals surface area contributed by atoms with E-state index in [4.69, 9.17) is 28.8 Å². The first kappa shape index (κ1) is 30.2. The Morgan fingerprint density at radius 1 is 0.529 bits per heavy atom. The highest BCUT2D eigenvalue weighted by molar-refractivity contribution is 6.10. The van der Waals surface area contributed by atoms with Crippen LogP contribution in [0, 0.1) is 0 Å². The number of hydrogen-bond acceptors (Lipinski definition) is 6. The van der Waals surface area contributed by atoms with Gasteiger partial charge < -0.3 is 8.83 Å². The Labute approximate surface area is 294 Å². The first-order chi connectivity index (χ1) is 25.1. The third-order valence-corrected chi connectivity index (χ3v) is 9.10. The molecule has 0 radical (unpaired) electrons. The summed E-state index contributed by atoms with van der Waals surface area (Å²) in [7, 11) is 0. The molecule has 0 unspecified atom stereocenters. The van der Waals surface area contributed by atoms with Crippen LogP contribution in [0.4, 0.5) is 5.69 Å². The maximum Gasteiger partial charge on any atom is 0.164 e. The van der Waals surface area contributed by atoms with Gasteiger partial charge in [0.2, 0.25) is 0 Å². The van der Waals surface area contributed by atoms with Crippen LogP contribution in [0.1, 0.15) is 23.8 Å². The predicted molar refractivity (Wildman–Crippen MR) is 206 cm³/mol. The Kier molecular flexibility index (Phi) is 7.40. The second-order valence-electron chi connectivity index (χ2n) is 12.3. The molecule has 9 rings (SSSR count). The largest absolute Gasteiger partial charge is 0.456 e. The molecule has 0 aliphatic carbocycles. The first-order valence-corrected chi connectivity index (χ1v) is 16.8. The van der Waals surface area contributed by atoms with Crippen LogP contribution >= 0.6 is 0 Å². The minimum absolute atomic E-state index is 0.501. The maximum absolute atomic E-state index is 6.63. The molecule has 51 heavy (non-hydrogen) atoms. The number of fused-ring (bicyclic) bond motifs is 4. The first-order valence-electron chi connectivity index (χ1n) is 16.8. The Bertz CT molecular complexity index is 2760. The molecule has 6 nitrogen and oxygen atoms in total. The summed E-state index contributed by atoms with van der Waals surface area (Å²) < 4.78 is 12.9. The lowest BCUT2D eigenvalue weighted by molar-refractivity contribution is 0.601. The molecule has 3 heterocycles. The number of aromatic nitrogens is 3. The molecule has 0 amide bonds. The molecule has 0 saturated carbocycles. The normalized spacial score (nSPS) is 11.8. The highest BCUT2D eigenvalue weighted by atomic mass is 16.3. The summed E-state index contributed by atoms with van der Waals surface area (Å²) in [5.41, 5.74) is 8.93. The zero-order chi connectivity index (χ0) is 34.3. The predicted octanol–water partition coefficient (Wildman–Crippen LogP) is 11.7. The Hall–Kier alpha value is -6.92. The van der Waals surface area contributed by atoms with Crippen molar-refractivity contribution in [1.29, 1.82) is 0 Å². The van der Waals surface area contributed by atoms with Gasteiger partial charge in [-0.3, -0.25) is 0 Å². The summed E-state index contributed by atoms with van der Waals surface area (Å²) in [6.07, 6.45) is 0. The van der Waals surface area contributed by atoms with E-state index < -0.39 is 0 Å². The molecule has 0 aliphatic rings. The van der Waals surface area contributed by atoms with E-state index in [0.29, 0.717) is 34.5 Å². The standard InChI is InChI=1S/C45H30N4O2/c1-28(30-15-6-3-7-16-30)42-41(46-29(2)31-17-8-4-9-18-31)40-36(22-14-24-38(40)51-42)45-48-43(32-19-10-5-11-20-32)47-44(49-45)33-25-26-35-34-21-12-13-23-37(34)50-39(35)27-33/h3-27H,1H2,2H3. The summed E-state index contributed by atoms with van der Waals surface area (Å²) in [4.78, 5) is 20.4. The molecule has 0 fully saturated rings.